The average Bonchev–Trinajstić information content (AvgIpc) is 3.52. The Bertz CT molecular complexity index is 1200. The molecule has 0 saturated heterocycles. The Morgan fingerprint density at radius 3 is 1.28 bits per heavy atom. The van der Waals surface area contributed by atoms with Gasteiger partial charge in [0, 0.05) is 52.2 Å². The molecule has 4 aromatic heterocycles. The Labute approximate surface area is 235 Å². The van der Waals surface area contributed by atoms with Crippen LogP contribution in [0.1, 0.15) is 20.9 Å². The van der Waals surface area contributed by atoms with E-state index in [9.17, 15) is 0 Å². The van der Waals surface area contributed by atoms with Crippen molar-refractivity contribution in [2.75, 3.05) is 13.2 Å². The van der Waals surface area contributed by atoms with Crippen LogP contribution in [0.2, 0.25) is 39.3 Å². The number of hydrogen-bond acceptors (Lipinski definition) is 6. The van der Waals surface area contributed by atoms with Crippen molar-refractivity contribution in [2.24, 2.45) is 0 Å². The van der Waals surface area contributed by atoms with Gasteiger partial charge in [-0.2, -0.15) is 0 Å². The number of hydrogen-bond donors (Lipinski definition) is 0. The fourth-order valence-corrected chi connectivity index (χ4v) is 9.99. The molecule has 0 amide bonds. The van der Waals surface area contributed by atoms with E-state index in [1.807, 2.05) is 45.3 Å². The summed E-state index contributed by atoms with van der Waals surface area (Å²) in [5.41, 5.74) is 2.85. The van der Waals surface area contributed by atoms with Crippen LogP contribution in [0.15, 0.2) is 36.4 Å². The summed E-state index contributed by atoms with van der Waals surface area (Å²) in [6.45, 7) is 19.6. The van der Waals surface area contributed by atoms with Crippen LogP contribution in [0.4, 0.5) is 0 Å². The van der Waals surface area contributed by atoms with Gasteiger partial charge in [0.15, 0.2) is 16.6 Å². The molecule has 0 fully saturated rings. The molecule has 0 N–H and O–H groups in total. The molecule has 0 aromatic carbocycles. The van der Waals surface area contributed by atoms with Gasteiger partial charge in [-0.3, -0.25) is 0 Å². The summed E-state index contributed by atoms with van der Waals surface area (Å²) in [5.74, 6) is 0. The lowest BCUT2D eigenvalue weighted by Crippen LogP contribution is -2.26. The van der Waals surface area contributed by atoms with Gasteiger partial charge in [-0.05, 0) is 113 Å². The van der Waals surface area contributed by atoms with Gasteiger partial charge in [-0.1, -0.05) is 0 Å². The SMILES string of the molecule is Cc1cc(CCO[Si](C)(C)C)c(-c2ccc(-c3ccc(-c4sc(C)cc4CCO[Si](C)(C)C)s3)s2)s1. The van der Waals surface area contributed by atoms with E-state index in [4.69, 9.17) is 8.85 Å². The van der Waals surface area contributed by atoms with Gasteiger partial charge in [0.1, 0.15) is 0 Å². The van der Waals surface area contributed by atoms with Gasteiger partial charge in [0.25, 0.3) is 0 Å². The third-order valence-electron chi connectivity index (χ3n) is 5.58. The summed E-state index contributed by atoms with van der Waals surface area (Å²) in [6.07, 6.45) is 1.98. The summed E-state index contributed by atoms with van der Waals surface area (Å²) >= 11 is 7.66. The van der Waals surface area contributed by atoms with Crippen molar-refractivity contribution in [3.8, 4) is 29.3 Å². The highest BCUT2D eigenvalue weighted by Gasteiger charge is 2.19. The van der Waals surface area contributed by atoms with Gasteiger partial charge in [-0.15, -0.1) is 45.3 Å². The molecule has 4 heterocycles. The van der Waals surface area contributed by atoms with Crippen molar-refractivity contribution < 1.29 is 8.85 Å². The third-order valence-corrected chi connectivity index (χ3v) is 12.6. The highest BCUT2D eigenvalue weighted by atomic mass is 32.1. The minimum atomic E-state index is -1.48. The summed E-state index contributed by atoms with van der Waals surface area (Å²) in [4.78, 5) is 11.0. The van der Waals surface area contributed by atoms with Crippen molar-refractivity contribution in [1.82, 2.24) is 0 Å². The standard InChI is InChI=1S/C28H38O2S4Si2/c1-19-17-21(13-15-29-35(3,4)5)27(31-19)25-11-9-23(33-25)24-10-12-26(34-24)28-22(18-20(2)32-28)14-16-30-36(6,7)8/h9-12,17-18H,13-16H2,1-8H3. The van der Waals surface area contributed by atoms with Crippen LogP contribution in [-0.2, 0) is 21.7 Å². The van der Waals surface area contributed by atoms with Gasteiger partial charge < -0.3 is 8.85 Å². The first-order chi connectivity index (χ1) is 16.9. The normalized spacial score (nSPS) is 12.6. The molecule has 0 unspecified atom stereocenters. The van der Waals surface area contributed by atoms with Crippen molar-refractivity contribution in [1.29, 1.82) is 0 Å². The fraction of sp³-hybridized carbons (Fsp3) is 0.429. The first kappa shape index (κ1) is 28.2. The van der Waals surface area contributed by atoms with E-state index >= 15 is 0 Å². The molecule has 194 valence electrons. The Morgan fingerprint density at radius 2 is 0.917 bits per heavy atom. The topological polar surface area (TPSA) is 18.5 Å². The molecule has 36 heavy (non-hydrogen) atoms. The van der Waals surface area contributed by atoms with Crippen LogP contribution in [0.3, 0.4) is 0 Å². The maximum Gasteiger partial charge on any atom is 0.183 e. The molecular weight excluding hydrogens is 553 g/mol. The van der Waals surface area contributed by atoms with Gasteiger partial charge in [0.05, 0.1) is 0 Å². The second-order valence-corrected chi connectivity index (χ2v) is 24.9. The molecule has 4 rings (SSSR count). The molecule has 0 aliphatic carbocycles. The lowest BCUT2D eigenvalue weighted by molar-refractivity contribution is 0.316. The van der Waals surface area contributed by atoms with Crippen LogP contribution in [-0.4, -0.2) is 29.8 Å². The molecule has 8 heteroatoms. The van der Waals surface area contributed by atoms with Crippen molar-refractivity contribution in [2.45, 2.75) is 66.0 Å². The molecule has 0 aliphatic rings. The van der Waals surface area contributed by atoms with E-state index < -0.39 is 16.6 Å². The minimum Gasteiger partial charge on any atom is -0.417 e. The van der Waals surface area contributed by atoms with Crippen molar-refractivity contribution in [3.05, 3.63) is 57.3 Å². The first-order valence-corrected chi connectivity index (χ1v) is 22.6. The summed E-state index contributed by atoms with van der Waals surface area (Å²) in [6, 6.07) is 13.9. The molecule has 0 saturated carbocycles. The molecule has 2 nitrogen and oxygen atoms in total. The van der Waals surface area contributed by atoms with E-state index in [1.54, 1.807) is 0 Å². The van der Waals surface area contributed by atoms with Crippen molar-refractivity contribution in [3.63, 3.8) is 0 Å². The third kappa shape index (κ3) is 7.60. The Balaban J connectivity index is 1.51. The number of rotatable bonds is 11. The zero-order valence-electron chi connectivity index (χ0n) is 22.7. The molecule has 0 spiro atoms. The zero-order chi connectivity index (χ0) is 26.1. The molecule has 4 aromatic rings. The molecule has 0 radical (unpaired) electrons. The van der Waals surface area contributed by atoms with Gasteiger partial charge >= 0.3 is 0 Å². The summed E-state index contributed by atoms with van der Waals surface area (Å²) in [7, 11) is -2.97. The second-order valence-electron chi connectivity index (χ2n) is 11.2. The lowest BCUT2D eigenvalue weighted by atomic mass is 10.1. The predicted molar refractivity (Wildman–Crippen MR) is 170 cm³/mol. The van der Waals surface area contributed by atoms with E-state index in [0.29, 0.717) is 0 Å². The number of aryl methyl sites for hydroxylation is 2. The summed E-state index contributed by atoms with van der Waals surface area (Å²) in [5, 5.41) is 0. The van der Waals surface area contributed by atoms with Crippen molar-refractivity contribution >= 4 is 62.0 Å². The van der Waals surface area contributed by atoms with Crippen LogP contribution < -0.4 is 0 Å². The van der Waals surface area contributed by atoms with E-state index in [0.717, 1.165) is 26.1 Å². The van der Waals surface area contributed by atoms with E-state index in [2.05, 4.69) is 89.5 Å². The highest BCUT2D eigenvalue weighted by Crippen LogP contribution is 2.45. The van der Waals surface area contributed by atoms with Crippen LogP contribution in [0.25, 0.3) is 29.3 Å². The maximum atomic E-state index is 6.15. The van der Waals surface area contributed by atoms with Crippen LogP contribution >= 0.6 is 45.3 Å². The zero-order valence-corrected chi connectivity index (χ0v) is 28.0. The monoisotopic (exact) mass is 590 g/mol. The Hall–Kier alpha value is -0.846. The first-order valence-electron chi connectivity index (χ1n) is 12.6. The smallest absolute Gasteiger partial charge is 0.183 e. The quantitative estimate of drug-likeness (QED) is 0.162. The summed E-state index contributed by atoms with van der Waals surface area (Å²) < 4.78 is 12.3. The fourth-order valence-electron chi connectivity index (χ4n) is 4.04. The second kappa shape index (κ2) is 11.5. The highest BCUT2D eigenvalue weighted by molar-refractivity contribution is 7.28. The maximum absolute atomic E-state index is 6.15. The Morgan fingerprint density at radius 1 is 0.556 bits per heavy atom. The largest absolute Gasteiger partial charge is 0.417 e. The lowest BCUT2D eigenvalue weighted by Gasteiger charge is -2.17. The molecule has 0 bridgehead atoms. The average molecular weight is 591 g/mol. The molecule has 0 aliphatic heterocycles. The molecular formula is C28H38O2S4Si2. The van der Waals surface area contributed by atoms with E-state index in [1.165, 1.54) is 50.1 Å². The number of thiophene rings is 4. The van der Waals surface area contributed by atoms with Crippen LogP contribution in [0.5, 0.6) is 0 Å². The van der Waals surface area contributed by atoms with Gasteiger partial charge in [0.2, 0.25) is 0 Å². The van der Waals surface area contributed by atoms with Crippen LogP contribution in [0, 0.1) is 13.8 Å². The predicted octanol–water partition coefficient (Wildman–Crippen LogP) is 10.3. The molecule has 0 atom stereocenters. The minimum absolute atomic E-state index is 0.816. The van der Waals surface area contributed by atoms with E-state index in [-0.39, 0.29) is 0 Å². The Kier molecular flexibility index (Phi) is 8.99. The van der Waals surface area contributed by atoms with Gasteiger partial charge in [-0.25, -0.2) is 0 Å².